The number of hydrogen-bond donors (Lipinski definition) is 1. The summed E-state index contributed by atoms with van der Waals surface area (Å²) < 4.78 is 6.02. The lowest BCUT2D eigenvalue weighted by atomic mass is 9.88. The van der Waals surface area contributed by atoms with E-state index in [0.29, 0.717) is 18.6 Å². The number of aliphatic carboxylic acids is 1. The van der Waals surface area contributed by atoms with Crippen molar-refractivity contribution in [3.8, 4) is 0 Å². The molecule has 3 heteroatoms. The number of carbonyl (C=O) groups is 1. The molecule has 0 radical (unpaired) electrons. The van der Waals surface area contributed by atoms with Gasteiger partial charge in [0.15, 0.2) is 0 Å². The van der Waals surface area contributed by atoms with Gasteiger partial charge in [-0.15, -0.1) is 0 Å². The second-order valence-electron chi connectivity index (χ2n) is 5.53. The fourth-order valence-corrected chi connectivity index (χ4v) is 2.69. The zero-order chi connectivity index (χ0) is 14.4. The first-order valence-electron chi connectivity index (χ1n) is 7.26. The molecule has 1 aromatic carbocycles. The van der Waals surface area contributed by atoms with Crippen molar-refractivity contribution in [1.82, 2.24) is 0 Å². The van der Waals surface area contributed by atoms with Gasteiger partial charge in [0.1, 0.15) is 0 Å². The van der Waals surface area contributed by atoms with Gasteiger partial charge in [0, 0.05) is 6.08 Å². The molecule has 0 heterocycles. The third-order valence-electron chi connectivity index (χ3n) is 3.87. The molecule has 1 fully saturated rings. The number of carboxylic acids is 1. The Morgan fingerprint density at radius 2 is 2.20 bits per heavy atom. The molecule has 2 unspecified atom stereocenters. The van der Waals surface area contributed by atoms with Crippen molar-refractivity contribution in [3.05, 3.63) is 41.5 Å². The van der Waals surface area contributed by atoms with Crippen LogP contribution in [0.3, 0.4) is 0 Å². The number of ether oxygens (including phenoxy) is 1. The Hall–Kier alpha value is -1.61. The molecule has 0 bridgehead atoms. The Bertz CT molecular complexity index is 479. The SMILES string of the molecule is CC1CCCCC1OCc1cccc(C=CC(=O)O)c1. The van der Waals surface area contributed by atoms with Crippen LogP contribution in [-0.4, -0.2) is 17.2 Å². The van der Waals surface area contributed by atoms with Crippen molar-refractivity contribution < 1.29 is 14.6 Å². The van der Waals surface area contributed by atoms with E-state index in [2.05, 4.69) is 6.92 Å². The molecule has 2 rings (SSSR count). The monoisotopic (exact) mass is 274 g/mol. The highest BCUT2D eigenvalue weighted by Crippen LogP contribution is 2.27. The summed E-state index contributed by atoms with van der Waals surface area (Å²) in [4.78, 5) is 10.5. The first kappa shape index (κ1) is 14.8. The number of carboxylic acid groups (broad SMARTS) is 1. The summed E-state index contributed by atoms with van der Waals surface area (Å²) in [7, 11) is 0. The lowest BCUT2D eigenvalue weighted by Crippen LogP contribution is -2.25. The molecule has 0 saturated heterocycles. The van der Waals surface area contributed by atoms with Crippen molar-refractivity contribution >= 4 is 12.0 Å². The van der Waals surface area contributed by atoms with Crippen LogP contribution < -0.4 is 0 Å². The topological polar surface area (TPSA) is 46.5 Å². The van der Waals surface area contributed by atoms with Gasteiger partial charge in [0.2, 0.25) is 0 Å². The van der Waals surface area contributed by atoms with Crippen LogP contribution in [0.2, 0.25) is 0 Å². The van der Waals surface area contributed by atoms with Gasteiger partial charge in [-0.3, -0.25) is 0 Å². The van der Waals surface area contributed by atoms with Crippen molar-refractivity contribution in [2.45, 2.75) is 45.3 Å². The van der Waals surface area contributed by atoms with E-state index in [4.69, 9.17) is 9.84 Å². The first-order valence-corrected chi connectivity index (χ1v) is 7.26. The average Bonchev–Trinajstić information content (AvgIpc) is 2.45. The van der Waals surface area contributed by atoms with Crippen LogP contribution in [0, 0.1) is 5.92 Å². The molecule has 0 aromatic heterocycles. The third-order valence-corrected chi connectivity index (χ3v) is 3.87. The smallest absolute Gasteiger partial charge is 0.328 e. The van der Waals surface area contributed by atoms with Crippen LogP contribution in [-0.2, 0) is 16.1 Å². The van der Waals surface area contributed by atoms with Crippen LogP contribution in [0.4, 0.5) is 0 Å². The van der Waals surface area contributed by atoms with Gasteiger partial charge >= 0.3 is 5.97 Å². The van der Waals surface area contributed by atoms with Crippen molar-refractivity contribution in [2.24, 2.45) is 5.92 Å². The molecule has 0 aliphatic heterocycles. The Kier molecular flexibility index (Phi) is 5.36. The molecule has 1 aromatic rings. The van der Waals surface area contributed by atoms with E-state index in [1.54, 1.807) is 6.08 Å². The Morgan fingerprint density at radius 3 is 2.95 bits per heavy atom. The number of benzene rings is 1. The van der Waals surface area contributed by atoms with Crippen molar-refractivity contribution in [1.29, 1.82) is 0 Å². The first-order chi connectivity index (χ1) is 9.65. The Balaban J connectivity index is 1.92. The molecule has 1 saturated carbocycles. The van der Waals surface area contributed by atoms with Crippen LogP contribution in [0.5, 0.6) is 0 Å². The second-order valence-corrected chi connectivity index (χ2v) is 5.53. The van der Waals surface area contributed by atoms with Gasteiger partial charge in [-0.25, -0.2) is 4.79 Å². The second kappa shape index (κ2) is 7.25. The van der Waals surface area contributed by atoms with E-state index in [9.17, 15) is 4.79 Å². The summed E-state index contributed by atoms with van der Waals surface area (Å²) in [5, 5.41) is 8.64. The molecular weight excluding hydrogens is 252 g/mol. The highest BCUT2D eigenvalue weighted by molar-refractivity contribution is 5.85. The van der Waals surface area contributed by atoms with Crippen LogP contribution in [0.25, 0.3) is 6.08 Å². The molecule has 108 valence electrons. The minimum Gasteiger partial charge on any atom is -0.478 e. The van der Waals surface area contributed by atoms with E-state index >= 15 is 0 Å². The van der Waals surface area contributed by atoms with E-state index in [0.717, 1.165) is 23.6 Å². The summed E-state index contributed by atoms with van der Waals surface area (Å²) in [5.41, 5.74) is 1.99. The highest BCUT2D eigenvalue weighted by atomic mass is 16.5. The van der Waals surface area contributed by atoms with Crippen LogP contribution in [0.1, 0.15) is 43.7 Å². The third kappa shape index (κ3) is 4.49. The zero-order valence-electron chi connectivity index (χ0n) is 11.9. The predicted octanol–water partition coefficient (Wildman–Crippen LogP) is 3.88. The predicted molar refractivity (Wildman–Crippen MR) is 79.3 cm³/mol. The average molecular weight is 274 g/mol. The van der Waals surface area contributed by atoms with Gasteiger partial charge in [0.25, 0.3) is 0 Å². The normalized spacial score (nSPS) is 23.1. The lowest BCUT2D eigenvalue weighted by Gasteiger charge is -2.28. The Labute approximate surface area is 120 Å². The van der Waals surface area contributed by atoms with Gasteiger partial charge in [-0.1, -0.05) is 38.0 Å². The summed E-state index contributed by atoms with van der Waals surface area (Å²) in [6, 6.07) is 7.83. The lowest BCUT2D eigenvalue weighted by molar-refractivity contribution is -0.131. The van der Waals surface area contributed by atoms with E-state index in [1.807, 2.05) is 24.3 Å². The molecule has 20 heavy (non-hydrogen) atoms. The minimum absolute atomic E-state index is 0.363. The summed E-state index contributed by atoms with van der Waals surface area (Å²) in [6.07, 6.45) is 8.11. The Morgan fingerprint density at radius 1 is 1.40 bits per heavy atom. The molecular formula is C17H22O3. The van der Waals surface area contributed by atoms with E-state index in [-0.39, 0.29) is 0 Å². The van der Waals surface area contributed by atoms with Crippen molar-refractivity contribution in [3.63, 3.8) is 0 Å². The van der Waals surface area contributed by atoms with Gasteiger partial charge in [-0.05, 0) is 42.0 Å². The summed E-state index contributed by atoms with van der Waals surface area (Å²) in [6.45, 7) is 2.86. The summed E-state index contributed by atoms with van der Waals surface area (Å²) in [5.74, 6) is -0.290. The molecule has 0 spiro atoms. The van der Waals surface area contributed by atoms with Gasteiger partial charge in [-0.2, -0.15) is 0 Å². The fraction of sp³-hybridized carbons (Fsp3) is 0.471. The standard InChI is InChI=1S/C17H22O3/c1-13-5-2-3-8-16(13)20-12-15-7-4-6-14(11-15)9-10-17(18)19/h4,6-7,9-11,13,16H,2-3,5,8,12H2,1H3,(H,18,19). The number of hydrogen-bond acceptors (Lipinski definition) is 2. The maximum absolute atomic E-state index is 10.5. The number of rotatable bonds is 5. The largest absolute Gasteiger partial charge is 0.478 e. The maximum Gasteiger partial charge on any atom is 0.328 e. The van der Waals surface area contributed by atoms with E-state index in [1.165, 1.54) is 19.3 Å². The summed E-state index contributed by atoms with van der Waals surface area (Å²) >= 11 is 0. The van der Waals surface area contributed by atoms with Crippen LogP contribution in [0.15, 0.2) is 30.3 Å². The minimum atomic E-state index is -0.928. The van der Waals surface area contributed by atoms with Crippen LogP contribution >= 0.6 is 0 Å². The molecule has 1 N–H and O–H groups in total. The molecule has 0 amide bonds. The highest BCUT2D eigenvalue weighted by Gasteiger charge is 2.21. The zero-order valence-corrected chi connectivity index (χ0v) is 11.9. The van der Waals surface area contributed by atoms with E-state index < -0.39 is 5.97 Å². The van der Waals surface area contributed by atoms with Gasteiger partial charge in [0.05, 0.1) is 12.7 Å². The molecule has 1 aliphatic rings. The molecule has 3 nitrogen and oxygen atoms in total. The van der Waals surface area contributed by atoms with Gasteiger partial charge < -0.3 is 9.84 Å². The molecule has 2 atom stereocenters. The fourth-order valence-electron chi connectivity index (χ4n) is 2.69. The molecule has 1 aliphatic carbocycles. The quantitative estimate of drug-likeness (QED) is 0.829. The maximum atomic E-state index is 10.5. The van der Waals surface area contributed by atoms with Crippen molar-refractivity contribution in [2.75, 3.05) is 0 Å².